The lowest BCUT2D eigenvalue weighted by Crippen LogP contribution is -2.39. The Kier molecular flexibility index (Phi) is 20.0. The maximum absolute atomic E-state index is 5.93. The Hall–Kier alpha value is 0.137. The summed E-state index contributed by atoms with van der Waals surface area (Å²) in [6.45, 7) is 4.57. The van der Waals surface area contributed by atoms with Crippen LogP contribution in [0.3, 0.4) is 0 Å². The third-order valence-corrected chi connectivity index (χ3v) is 9.54. The maximum atomic E-state index is 5.93. The van der Waals surface area contributed by atoms with Crippen LogP contribution in [0.15, 0.2) is 0 Å². The first-order valence-electron chi connectivity index (χ1n) is 11.8. The van der Waals surface area contributed by atoms with Crippen LogP contribution < -0.4 is 0 Å². The van der Waals surface area contributed by atoms with E-state index in [1.807, 2.05) is 14.2 Å². The molecule has 0 aromatic rings. The summed E-state index contributed by atoms with van der Waals surface area (Å²) in [5.41, 5.74) is 0. The van der Waals surface area contributed by atoms with Crippen LogP contribution >= 0.6 is 0 Å². The number of rotatable bonds is 21. The van der Waals surface area contributed by atoms with Gasteiger partial charge in [-0.2, -0.15) is 0 Å². The van der Waals surface area contributed by atoms with Crippen molar-refractivity contribution in [3.63, 3.8) is 0 Å². The third kappa shape index (κ3) is 15.2. The molecule has 0 bridgehead atoms. The summed E-state index contributed by atoms with van der Waals surface area (Å²) in [6.07, 6.45) is 23.5. The maximum Gasteiger partial charge on any atom is 0.337 e. The second-order valence-electron chi connectivity index (χ2n) is 8.12. The summed E-state index contributed by atoms with van der Waals surface area (Å²) < 4.78 is 11.9. The van der Waals surface area contributed by atoms with E-state index < -0.39 is 8.56 Å². The highest BCUT2D eigenvalue weighted by Gasteiger charge is 2.33. The van der Waals surface area contributed by atoms with Crippen molar-refractivity contribution in [1.82, 2.24) is 0 Å². The molecule has 0 saturated heterocycles. The minimum atomic E-state index is -1.91. The molecule has 0 rings (SSSR count). The fourth-order valence-electron chi connectivity index (χ4n) is 3.85. The molecule has 0 aliphatic heterocycles. The number of unbranched alkanes of at least 4 members (excludes halogenated alkanes) is 15. The summed E-state index contributed by atoms with van der Waals surface area (Å²) in [5, 5.41) is 0. The van der Waals surface area contributed by atoms with Crippen LogP contribution in [0.4, 0.5) is 0 Å². The minimum Gasteiger partial charge on any atom is -0.398 e. The van der Waals surface area contributed by atoms with Crippen LogP contribution in [0.2, 0.25) is 12.1 Å². The molecule has 0 heterocycles. The zero-order valence-corrected chi connectivity index (χ0v) is 19.8. The van der Waals surface area contributed by atoms with Gasteiger partial charge in [-0.25, -0.2) is 0 Å². The van der Waals surface area contributed by atoms with Crippen molar-refractivity contribution in [2.75, 3.05) is 14.2 Å². The van der Waals surface area contributed by atoms with Crippen LogP contribution in [0, 0.1) is 0 Å². The van der Waals surface area contributed by atoms with Gasteiger partial charge in [0.05, 0.1) is 0 Å². The first-order valence-corrected chi connectivity index (χ1v) is 14.1. The van der Waals surface area contributed by atoms with Gasteiger partial charge in [-0.1, -0.05) is 123 Å². The summed E-state index contributed by atoms with van der Waals surface area (Å²) in [7, 11) is 1.86. The van der Waals surface area contributed by atoms with E-state index in [4.69, 9.17) is 8.85 Å². The quantitative estimate of drug-likeness (QED) is 0.146. The highest BCUT2D eigenvalue weighted by molar-refractivity contribution is 6.67. The number of hydrogen-bond donors (Lipinski definition) is 0. The van der Waals surface area contributed by atoms with Crippen molar-refractivity contribution in [1.29, 1.82) is 0 Å². The number of hydrogen-bond acceptors (Lipinski definition) is 2. The largest absolute Gasteiger partial charge is 0.398 e. The van der Waals surface area contributed by atoms with Gasteiger partial charge in [0, 0.05) is 14.2 Å². The topological polar surface area (TPSA) is 18.5 Å². The van der Waals surface area contributed by atoms with Crippen LogP contribution in [0.25, 0.3) is 0 Å². The molecule has 0 amide bonds. The van der Waals surface area contributed by atoms with Gasteiger partial charge in [0.25, 0.3) is 0 Å². The average molecular weight is 387 g/mol. The fraction of sp³-hybridized carbons (Fsp3) is 1.00. The molecule has 0 atom stereocenters. The van der Waals surface area contributed by atoms with Crippen LogP contribution in [0.5, 0.6) is 0 Å². The van der Waals surface area contributed by atoms with E-state index in [9.17, 15) is 0 Å². The Morgan fingerprint density at radius 2 is 0.692 bits per heavy atom. The SMILES string of the molecule is CCCCCCCCCCCC[Si](CCCCCCCCC)(OC)OC. The van der Waals surface area contributed by atoms with E-state index in [1.54, 1.807) is 0 Å². The normalized spacial score (nSPS) is 12.0. The lowest BCUT2D eigenvalue weighted by Gasteiger charge is -2.27. The van der Waals surface area contributed by atoms with Gasteiger partial charge in [-0.15, -0.1) is 0 Å². The second-order valence-corrected chi connectivity index (χ2v) is 11.8. The molecule has 0 N–H and O–H groups in total. The van der Waals surface area contributed by atoms with E-state index in [0.717, 1.165) is 0 Å². The van der Waals surface area contributed by atoms with Gasteiger partial charge < -0.3 is 8.85 Å². The van der Waals surface area contributed by atoms with Crippen LogP contribution in [-0.2, 0) is 8.85 Å². The Balaban J connectivity index is 3.66. The molecule has 0 spiro atoms. The van der Waals surface area contributed by atoms with Crippen LogP contribution in [0.1, 0.15) is 123 Å². The van der Waals surface area contributed by atoms with Crippen molar-refractivity contribution >= 4 is 8.56 Å². The molecule has 2 nitrogen and oxygen atoms in total. The molecule has 0 radical (unpaired) electrons. The standard InChI is InChI=1S/C23H50O2Si/c1-5-7-9-11-13-14-15-17-19-21-23-26(24-3,25-4)22-20-18-16-12-10-8-6-2/h5-23H2,1-4H3. The monoisotopic (exact) mass is 386 g/mol. The first kappa shape index (κ1) is 26.1. The third-order valence-electron chi connectivity index (χ3n) is 5.82. The molecule has 0 fully saturated rings. The smallest absolute Gasteiger partial charge is 0.337 e. The average Bonchev–Trinajstić information content (AvgIpc) is 2.67. The molecule has 158 valence electrons. The van der Waals surface area contributed by atoms with Crippen molar-refractivity contribution in [3.05, 3.63) is 0 Å². The Bertz CT molecular complexity index is 267. The van der Waals surface area contributed by atoms with Crippen molar-refractivity contribution in [2.45, 2.75) is 135 Å². The molecule has 0 aliphatic rings. The zero-order chi connectivity index (χ0) is 19.3. The molecule has 0 aliphatic carbocycles. The van der Waals surface area contributed by atoms with Crippen molar-refractivity contribution < 1.29 is 8.85 Å². The van der Waals surface area contributed by atoms with Gasteiger partial charge in [0.2, 0.25) is 0 Å². The summed E-state index contributed by atoms with van der Waals surface area (Å²) in [6, 6.07) is 2.37. The van der Waals surface area contributed by atoms with E-state index in [1.165, 1.54) is 121 Å². The fourth-order valence-corrected chi connectivity index (χ4v) is 6.66. The van der Waals surface area contributed by atoms with Gasteiger partial charge in [-0.3, -0.25) is 0 Å². The Morgan fingerprint density at radius 1 is 0.423 bits per heavy atom. The van der Waals surface area contributed by atoms with Crippen molar-refractivity contribution in [3.8, 4) is 0 Å². The highest BCUT2D eigenvalue weighted by Crippen LogP contribution is 2.25. The van der Waals surface area contributed by atoms with Gasteiger partial charge >= 0.3 is 8.56 Å². The van der Waals surface area contributed by atoms with E-state index >= 15 is 0 Å². The van der Waals surface area contributed by atoms with E-state index in [0.29, 0.717) is 0 Å². The highest BCUT2D eigenvalue weighted by atomic mass is 28.4. The van der Waals surface area contributed by atoms with Gasteiger partial charge in [-0.05, 0) is 12.1 Å². The lowest BCUT2D eigenvalue weighted by atomic mass is 10.1. The molecule has 0 aromatic heterocycles. The Morgan fingerprint density at radius 3 is 0.962 bits per heavy atom. The van der Waals surface area contributed by atoms with Crippen LogP contribution in [-0.4, -0.2) is 22.8 Å². The predicted octanol–water partition coefficient (Wildman–Crippen LogP) is 8.39. The lowest BCUT2D eigenvalue weighted by molar-refractivity contribution is 0.238. The molecule has 0 aromatic carbocycles. The minimum absolute atomic E-state index is 1.19. The molecular formula is C23H50O2Si. The zero-order valence-electron chi connectivity index (χ0n) is 18.8. The summed E-state index contributed by atoms with van der Waals surface area (Å²) >= 11 is 0. The molecule has 3 heteroatoms. The molecule has 0 unspecified atom stereocenters. The molecule has 26 heavy (non-hydrogen) atoms. The summed E-state index contributed by atoms with van der Waals surface area (Å²) in [5.74, 6) is 0. The first-order chi connectivity index (χ1) is 12.7. The van der Waals surface area contributed by atoms with Gasteiger partial charge in [0.1, 0.15) is 0 Å². The predicted molar refractivity (Wildman–Crippen MR) is 119 cm³/mol. The Labute approximate surface area is 167 Å². The second kappa shape index (κ2) is 19.9. The van der Waals surface area contributed by atoms with Gasteiger partial charge in [0.15, 0.2) is 0 Å². The van der Waals surface area contributed by atoms with E-state index in [2.05, 4.69) is 13.8 Å². The molecule has 0 saturated carbocycles. The van der Waals surface area contributed by atoms with Crippen molar-refractivity contribution in [2.24, 2.45) is 0 Å². The summed E-state index contributed by atoms with van der Waals surface area (Å²) in [4.78, 5) is 0. The van der Waals surface area contributed by atoms with E-state index in [-0.39, 0.29) is 0 Å². The molecular weight excluding hydrogens is 336 g/mol.